The predicted octanol–water partition coefficient (Wildman–Crippen LogP) is 3.98. The average molecular weight is 449 g/mol. The second-order valence-electron chi connectivity index (χ2n) is 8.92. The van der Waals surface area contributed by atoms with Crippen molar-refractivity contribution < 1.29 is 24.2 Å². The molecule has 0 spiro atoms. The van der Waals surface area contributed by atoms with Crippen LogP contribution < -0.4 is 10.6 Å². The molecule has 1 unspecified atom stereocenters. The number of ether oxygens (including phenoxy) is 1. The van der Waals surface area contributed by atoms with Crippen molar-refractivity contribution in [2.24, 2.45) is 0 Å². The van der Waals surface area contributed by atoms with E-state index < -0.39 is 29.6 Å². The minimum atomic E-state index is -1.22. The highest BCUT2D eigenvalue weighted by Crippen LogP contribution is 2.44. The molecular weight excluding hydrogens is 420 g/mol. The first-order valence-electron chi connectivity index (χ1n) is 11.1. The van der Waals surface area contributed by atoms with Crippen LogP contribution in [0.5, 0.6) is 0 Å². The second-order valence-corrected chi connectivity index (χ2v) is 8.92. The molecule has 1 fully saturated rings. The number of carboxylic acids is 1. The molecule has 2 aromatic rings. The quantitative estimate of drug-likeness (QED) is 0.530. The van der Waals surface area contributed by atoms with Crippen molar-refractivity contribution in [2.45, 2.75) is 50.6 Å². The van der Waals surface area contributed by atoms with Gasteiger partial charge < -0.3 is 20.5 Å². The van der Waals surface area contributed by atoms with Crippen LogP contribution in [-0.4, -0.2) is 41.3 Å². The van der Waals surface area contributed by atoms with E-state index in [-0.39, 0.29) is 18.9 Å². The van der Waals surface area contributed by atoms with Crippen LogP contribution in [0.25, 0.3) is 11.1 Å². The Kier molecular flexibility index (Phi) is 6.22. The summed E-state index contributed by atoms with van der Waals surface area (Å²) >= 11 is 0. The van der Waals surface area contributed by atoms with Crippen molar-refractivity contribution in [3.05, 3.63) is 71.3 Å². The summed E-state index contributed by atoms with van der Waals surface area (Å²) in [4.78, 5) is 36.9. The van der Waals surface area contributed by atoms with E-state index in [1.54, 1.807) is 0 Å². The number of nitrogens with one attached hydrogen (secondary N) is 2. The van der Waals surface area contributed by atoms with Crippen LogP contribution in [0.1, 0.15) is 50.2 Å². The average Bonchev–Trinajstić information content (AvgIpc) is 3.51. The van der Waals surface area contributed by atoms with Gasteiger partial charge in [0.25, 0.3) is 0 Å². The Labute approximate surface area is 192 Å². The third kappa shape index (κ3) is 4.77. The van der Waals surface area contributed by atoms with Crippen molar-refractivity contribution in [3.8, 4) is 11.1 Å². The van der Waals surface area contributed by atoms with Gasteiger partial charge in [-0.15, -0.1) is 0 Å². The maximum absolute atomic E-state index is 12.8. The van der Waals surface area contributed by atoms with Gasteiger partial charge in [0, 0.05) is 5.92 Å². The Morgan fingerprint density at radius 1 is 1.06 bits per heavy atom. The van der Waals surface area contributed by atoms with Crippen LogP contribution in [0.3, 0.4) is 0 Å². The van der Waals surface area contributed by atoms with Crippen LogP contribution in [0, 0.1) is 0 Å². The van der Waals surface area contributed by atoms with Gasteiger partial charge in [0.2, 0.25) is 5.91 Å². The van der Waals surface area contributed by atoms with Crippen LogP contribution in [0.4, 0.5) is 4.79 Å². The van der Waals surface area contributed by atoms with Crippen molar-refractivity contribution >= 4 is 18.0 Å². The summed E-state index contributed by atoms with van der Waals surface area (Å²) in [6, 6.07) is 15.2. The first-order valence-corrected chi connectivity index (χ1v) is 11.1. The van der Waals surface area contributed by atoms with E-state index in [1.165, 1.54) is 0 Å². The molecule has 2 aromatic carbocycles. The molecule has 0 saturated heterocycles. The van der Waals surface area contributed by atoms with E-state index in [2.05, 4.69) is 22.8 Å². The number of hydrogen-bond acceptors (Lipinski definition) is 4. The highest BCUT2D eigenvalue weighted by atomic mass is 16.5. The van der Waals surface area contributed by atoms with Gasteiger partial charge in [0.15, 0.2) is 0 Å². The Balaban J connectivity index is 1.43. The van der Waals surface area contributed by atoms with Gasteiger partial charge in [-0.25, -0.2) is 9.59 Å². The zero-order valence-corrected chi connectivity index (χ0v) is 18.8. The lowest BCUT2D eigenvalue weighted by atomic mass is 9.98. The molecule has 33 heavy (non-hydrogen) atoms. The minimum absolute atomic E-state index is 0.0880. The molecule has 0 radical (unpaired) electrons. The van der Waals surface area contributed by atoms with Gasteiger partial charge in [0.05, 0.1) is 0 Å². The maximum atomic E-state index is 12.8. The number of carboxylic acid groups (broad SMARTS) is 1. The number of carbonyl (C=O) groups excluding carboxylic acids is 2. The molecule has 7 heteroatoms. The molecule has 7 nitrogen and oxygen atoms in total. The monoisotopic (exact) mass is 448 g/mol. The smallest absolute Gasteiger partial charge is 0.407 e. The largest absolute Gasteiger partial charge is 0.480 e. The summed E-state index contributed by atoms with van der Waals surface area (Å²) in [5.41, 5.74) is 4.23. The Morgan fingerprint density at radius 3 is 2.15 bits per heavy atom. The van der Waals surface area contributed by atoms with E-state index >= 15 is 0 Å². The summed E-state index contributed by atoms with van der Waals surface area (Å²) in [7, 11) is 0. The normalized spacial score (nSPS) is 16.1. The molecule has 0 heterocycles. The number of alkyl carbamates (subject to hydrolysis) is 1. The fourth-order valence-electron chi connectivity index (χ4n) is 4.21. The number of hydrogen-bond donors (Lipinski definition) is 3. The van der Waals surface area contributed by atoms with E-state index in [0.717, 1.165) is 27.8 Å². The fraction of sp³-hybridized carbons (Fsp3) is 0.346. The summed E-state index contributed by atoms with van der Waals surface area (Å²) in [6.45, 7) is 3.92. The zero-order valence-electron chi connectivity index (χ0n) is 18.8. The summed E-state index contributed by atoms with van der Waals surface area (Å²) in [6.07, 6.45) is 2.13. The molecule has 2 aliphatic rings. The molecule has 2 amide bonds. The van der Waals surface area contributed by atoms with Crippen LogP contribution in [-0.2, 0) is 14.3 Å². The Bertz CT molecular complexity index is 1070. The first-order chi connectivity index (χ1) is 15.8. The second kappa shape index (κ2) is 9.10. The molecule has 0 aliphatic heterocycles. The lowest BCUT2D eigenvalue weighted by Gasteiger charge is -2.21. The third-order valence-corrected chi connectivity index (χ3v) is 6.24. The van der Waals surface area contributed by atoms with Gasteiger partial charge in [-0.3, -0.25) is 4.79 Å². The van der Waals surface area contributed by atoms with Crippen molar-refractivity contribution in [1.29, 1.82) is 0 Å². The summed E-state index contributed by atoms with van der Waals surface area (Å²) < 4.78 is 5.55. The number of rotatable bonds is 8. The SMILES string of the molecule is CC(C)=CCC(NC(=O)OCC1c2ccccc2-c2ccccc21)C(=O)NC1(C(=O)O)CC1. The zero-order chi connectivity index (χ0) is 23.6. The number of benzene rings is 2. The lowest BCUT2D eigenvalue weighted by molar-refractivity contribution is -0.143. The van der Waals surface area contributed by atoms with Gasteiger partial charge >= 0.3 is 12.1 Å². The predicted molar refractivity (Wildman–Crippen MR) is 124 cm³/mol. The van der Waals surface area contributed by atoms with E-state index in [9.17, 15) is 19.5 Å². The molecule has 172 valence electrons. The fourth-order valence-corrected chi connectivity index (χ4v) is 4.21. The molecule has 1 atom stereocenters. The number of fused-ring (bicyclic) bond motifs is 3. The van der Waals surface area contributed by atoms with Crippen molar-refractivity contribution in [1.82, 2.24) is 10.6 Å². The summed E-state index contributed by atoms with van der Waals surface area (Å²) in [5, 5.41) is 14.6. The highest BCUT2D eigenvalue weighted by molar-refractivity contribution is 5.93. The minimum Gasteiger partial charge on any atom is -0.480 e. The molecular formula is C26H28N2O5. The molecule has 0 bridgehead atoms. The van der Waals surface area contributed by atoms with Crippen molar-refractivity contribution in [2.75, 3.05) is 6.61 Å². The van der Waals surface area contributed by atoms with Crippen LogP contribution >= 0.6 is 0 Å². The number of aliphatic carboxylic acids is 1. The third-order valence-electron chi connectivity index (χ3n) is 6.24. The van der Waals surface area contributed by atoms with Gasteiger partial charge in [-0.05, 0) is 55.4 Å². The lowest BCUT2D eigenvalue weighted by Crippen LogP contribution is -2.52. The van der Waals surface area contributed by atoms with Crippen LogP contribution in [0.15, 0.2) is 60.2 Å². The van der Waals surface area contributed by atoms with Crippen molar-refractivity contribution in [3.63, 3.8) is 0 Å². The number of carbonyl (C=O) groups is 3. The van der Waals surface area contributed by atoms with Gasteiger partial charge in [-0.2, -0.15) is 0 Å². The summed E-state index contributed by atoms with van der Waals surface area (Å²) in [5.74, 6) is -1.67. The Hall–Kier alpha value is -3.61. The molecule has 4 rings (SSSR count). The molecule has 1 saturated carbocycles. The molecule has 2 aliphatic carbocycles. The van der Waals surface area contributed by atoms with Gasteiger partial charge in [-0.1, -0.05) is 60.2 Å². The Morgan fingerprint density at radius 2 is 1.64 bits per heavy atom. The molecule has 3 N–H and O–H groups in total. The highest BCUT2D eigenvalue weighted by Gasteiger charge is 2.52. The number of allylic oxidation sites excluding steroid dienone is 1. The maximum Gasteiger partial charge on any atom is 0.407 e. The topological polar surface area (TPSA) is 105 Å². The standard InChI is InChI=1S/C26H28N2O5/c1-16(2)11-12-22(23(29)28-26(13-14-26)24(30)31)27-25(32)33-15-21-19-9-5-3-7-17(19)18-8-4-6-10-20(18)21/h3-11,21-22H,12-15H2,1-2H3,(H,27,32)(H,28,29)(H,30,31). The van der Waals surface area contributed by atoms with Gasteiger partial charge in [0.1, 0.15) is 18.2 Å². The first kappa shape index (κ1) is 22.6. The molecule has 0 aromatic heterocycles. The van der Waals surface area contributed by atoms with E-state index in [0.29, 0.717) is 12.8 Å². The van der Waals surface area contributed by atoms with E-state index in [4.69, 9.17) is 4.74 Å². The number of amides is 2. The van der Waals surface area contributed by atoms with E-state index in [1.807, 2.05) is 56.3 Å². The van der Waals surface area contributed by atoms with Crippen LogP contribution in [0.2, 0.25) is 0 Å².